The first-order valence-electron chi connectivity index (χ1n) is 9.85. The summed E-state index contributed by atoms with van der Waals surface area (Å²) >= 11 is 0. The summed E-state index contributed by atoms with van der Waals surface area (Å²) in [4.78, 5) is 9.06. The molecule has 0 aliphatic rings. The molecule has 2 aromatic heterocycles. The molecule has 4 heteroatoms. The van der Waals surface area contributed by atoms with Gasteiger partial charge >= 0.3 is 0 Å². The van der Waals surface area contributed by atoms with Crippen molar-refractivity contribution in [1.82, 2.24) is 14.5 Å². The minimum Gasteiger partial charge on any atom is -0.397 e. The third-order valence-electron chi connectivity index (χ3n) is 4.92. The molecule has 2 heterocycles. The zero-order chi connectivity index (χ0) is 17.2. The largest absolute Gasteiger partial charge is 0.397 e. The number of aromatic nitrogens is 3. The Kier molecular flexibility index (Phi) is 8.06. The average Bonchev–Trinajstić information content (AvgIpc) is 3.02. The molecule has 24 heavy (non-hydrogen) atoms. The fourth-order valence-corrected chi connectivity index (χ4v) is 3.43. The standard InChI is InChI=1S/C20H34N4/c1-3-5-7-9-11-13-17(12-10-8-6-4-2)24-16-23-19-18(21)14-15-22-20(19)24/h14-17H,3-13H2,1-2H3,(H2,21,22). The maximum Gasteiger partial charge on any atom is 0.162 e. The third-order valence-corrected chi connectivity index (χ3v) is 4.92. The number of hydrogen-bond acceptors (Lipinski definition) is 3. The summed E-state index contributed by atoms with van der Waals surface area (Å²) in [6.45, 7) is 4.53. The third kappa shape index (κ3) is 5.22. The Morgan fingerprint density at radius 2 is 1.54 bits per heavy atom. The molecule has 0 saturated heterocycles. The van der Waals surface area contributed by atoms with Crippen LogP contribution in [-0.2, 0) is 0 Å². The van der Waals surface area contributed by atoms with Crippen molar-refractivity contribution >= 4 is 16.9 Å². The number of anilines is 1. The van der Waals surface area contributed by atoms with E-state index in [1.165, 1.54) is 70.6 Å². The lowest BCUT2D eigenvalue weighted by molar-refractivity contribution is 0.401. The van der Waals surface area contributed by atoms with Gasteiger partial charge in [-0.15, -0.1) is 0 Å². The maximum absolute atomic E-state index is 6.05. The zero-order valence-corrected chi connectivity index (χ0v) is 15.5. The number of unbranched alkanes of at least 4 members (excludes halogenated alkanes) is 7. The maximum atomic E-state index is 6.05. The normalized spacial score (nSPS) is 12.8. The molecular formula is C20H34N4. The van der Waals surface area contributed by atoms with E-state index in [0.29, 0.717) is 6.04 Å². The highest BCUT2D eigenvalue weighted by Crippen LogP contribution is 2.28. The van der Waals surface area contributed by atoms with E-state index >= 15 is 0 Å². The number of nitrogens with two attached hydrogens (primary N) is 1. The van der Waals surface area contributed by atoms with Crippen LogP contribution >= 0.6 is 0 Å². The number of rotatable bonds is 12. The number of pyridine rings is 1. The van der Waals surface area contributed by atoms with Gasteiger partial charge in [-0.1, -0.05) is 71.6 Å². The second kappa shape index (κ2) is 10.3. The van der Waals surface area contributed by atoms with Crippen molar-refractivity contribution in [1.29, 1.82) is 0 Å². The fourth-order valence-electron chi connectivity index (χ4n) is 3.43. The molecule has 0 amide bonds. The number of imidazole rings is 1. The van der Waals surface area contributed by atoms with Crippen LogP contribution in [0.25, 0.3) is 11.2 Å². The summed E-state index contributed by atoms with van der Waals surface area (Å²) in [5.41, 5.74) is 8.57. The van der Waals surface area contributed by atoms with E-state index in [-0.39, 0.29) is 0 Å². The van der Waals surface area contributed by atoms with Gasteiger partial charge in [0.15, 0.2) is 5.65 Å². The second-order valence-corrected chi connectivity index (χ2v) is 6.93. The topological polar surface area (TPSA) is 56.7 Å². The monoisotopic (exact) mass is 330 g/mol. The van der Waals surface area contributed by atoms with Gasteiger partial charge in [0.05, 0.1) is 12.0 Å². The van der Waals surface area contributed by atoms with Crippen LogP contribution in [0.4, 0.5) is 5.69 Å². The van der Waals surface area contributed by atoms with Crippen molar-refractivity contribution in [2.24, 2.45) is 0 Å². The average molecular weight is 331 g/mol. The van der Waals surface area contributed by atoms with E-state index < -0.39 is 0 Å². The lowest BCUT2D eigenvalue weighted by atomic mass is 10.0. The van der Waals surface area contributed by atoms with Crippen LogP contribution in [0.15, 0.2) is 18.6 Å². The van der Waals surface area contributed by atoms with Crippen LogP contribution in [0.2, 0.25) is 0 Å². The highest BCUT2D eigenvalue weighted by molar-refractivity contribution is 5.83. The van der Waals surface area contributed by atoms with Crippen LogP contribution < -0.4 is 5.73 Å². The van der Waals surface area contributed by atoms with Crippen molar-refractivity contribution in [3.8, 4) is 0 Å². The minimum absolute atomic E-state index is 0.503. The second-order valence-electron chi connectivity index (χ2n) is 6.93. The summed E-state index contributed by atoms with van der Waals surface area (Å²) in [5, 5.41) is 0. The lowest BCUT2D eigenvalue weighted by Gasteiger charge is -2.19. The van der Waals surface area contributed by atoms with Gasteiger partial charge in [0.2, 0.25) is 0 Å². The van der Waals surface area contributed by atoms with E-state index in [4.69, 9.17) is 5.73 Å². The molecule has 2 N–H and O–H groups in total. The number of hydrogen-bond donors (Lipinski definition) is 1. The molecule has 0 fully saturated rings. The van der Waals surface area contributed by atoms with E-state index in [9.17, 15) is 0 Å². The molecule has 0 bridgehead atoms. The van der Waals surface area contributed by atoms with Crippen molar-refractivity contribution in [2.75, 3.05) is 5.73 Å². The predicted molar refractivity (Wildman–Crippen MR) is 103 cm³/mol. The van der Waals surface area contributed by atoms with Crippen LogP contribution in [0.1, 0.15) is 90.5 Å². The SMILES string of the molecule is CCCCCCCC(CCCCCC)n1cnc2c(N)ccnc21. The summed E-state index contributed by atoms with van der Waals surface area (Å²) in [6, 6.07) is 2.34. The number of nitrogens with zero attached hydrogens (tertiary/aromatic N) is 3. The molecule has 1 atom stereocenters. The molecule has 0 saturated carbocycles. The highest BCUT2D eigenvalue weighted by atomic mass is 15.1. The molecule has 134 valence electrons. The Hall–Kier alpha value is -1.58. The lowest BCUT2D eigenvalue weighted by Crippen LogP contribution is -2.09. The van der Waals surface area contributed by atoms with Crippen molar-refractivity contribution < 1.29 is 0 Å². The molecule has 4 nitrogen and oxygen atoms in total. The van der Waals surface area contributed by atoms with E-state index in [1.54, 1.807) is 6.20 Å². The van der Waals surface area contributed by atoms with Gasteiger partial charge in [-0.3, -0.25) is 0 Å². The summed E-state index contributed by atoms with van der Waals surface area (Å²) < 4.78 is 2.28. The predicted octanol–water partition coefficient (Wildman–Crippen LogP) is 5.89. The van der Waals surface area contributed by atoms with Gasteiger partial charge in [-0.05, 0) is 18.9 Å². The molecule has 2 rings (SSSR count). The van der Waals surface area contributed by atoms with Crippen LogP contribution in [0.3, 0.4) is 0 Å². The Morgan fingerprint density at radius 1 is 0.917 bits per heavy atom. The Morgan fingerprint density at radius 3 is 2.21 bits per heavy atom. The first kappa shape index (κ1) is 18.8. The smallest absolute Gasteiger partial charge is 0.162 e. The van der Waals surface area contributed by atoms with Gasteiger partial charge in [0.25, 0.3) is 0 Å². The van der Waals surface area contributed by atoms with Crippen molar-refractivity contribution in [3.63, 3.8) is 0 Å². The van der Waals surface area contributed by atoms with E-state index in [0.717, 1.165) is 16.9 Å². The Balaban J connectivity index is 2.03. The molecule has 1 unspecified atom stereocenters. The molecular weight excluding hydrogens is 296 g/mol. The number of nitrogen functional groups attached to an aromatic ring is 1. The first-order chi connectivity index (χ1) is 11.8. The van der Waals surface area contributed by atoms with E-state index in [1.807, 2.05) is 12.4 Å². The minimum atomic E-state index is 0.503. The summed E-state index contributed by atoms with van der Waals surface area (Å²) in [6.07, 6.45) is 18.1. The number of fused-ring (bicyclic) bond motifs is 1. The van der Waals surface area contributed by atoms with Crippen LogP contribution in [0.5, 0.6) is 0 Å². The molecule has 0 spiro atoms. The highest BCUT2D eigenvalue weighted by Gasteiger charge is 2.15. The van der Waals surface area contributed by atoms with Gasteiger partial charge in [0, 0.05) is 12.2 Å². The first-order valence-corrected chi connectivity index (χ1v) is 9.85. The van der Waals surface area contributed by atoms with Crippen LogP contribution in [-0.4, -0.2) is 14.5 Å². The fraction of sp³-hybridized carbons (Fsp3) is 0.700. The van der Waals surface area contributed by atoms with Crippen molar-refractivity contribution in [3.05, 3.63) is 18.6 Å². The molecule has 0 radical (unpaired) electrons. The molecule has 0 aliphatic carbocycles. The molecule has 0 aromatic carbocycles. The molecule has 0 aliphatic heterocycles. The van der Waals surface area contributed by atoms with Gasteiger partial charge in [-0.2, -0.15) is 0 Å². The zero-order valence-electron chi connectivity index (χ0n) is 15.5. The summed E-state index contributed by atoms with van der Waals surface area (Å²) in [7, 11) is 0. The van der Waals surface area contributed by atoms with Crippen LogP contribution in [0, 0.1) is 0 Å². The molecule has 2 aromatic rings. The Bertz CT molecular complexity index is 590. The van der Waals surface area contributed by atoms with Crippen molar-refractivity contribution in [2.45, 2.75) is 90.5 Å². The summed E-state index contributed by atoms with van der Waals surface area (Å²) in [5.74, 6) is 0. The van der Waals surface area contributed by atoms with E-state index in [2.05, 4.69) is 28.4 Å². The van der Waals surface area contributed by atoms with Gasteiger partial charge < -0.3 is 10.3 Å². The van der Waals surface area contributed by atoms with Gasteiger partial charge in [0.1, 0.15) is 5.52 Å². The van der Waals surface area contributed by atoms with Gasteiger partial charge in [-0.25, -0.2) is 9.97 Å². The Labute approximate surface area is 146 Å². The quantitative estimate of drug-likeness (QED) is 0.494.